The van der Waals surface area contributed by atoms with Gasteiger partial charge in [0.25, 0.3) is 10.0 Å². The predicted molar refractivity (Wildman–Crippen MR) is 161 cm³/mol. The van der Waals surface area contributed by atoms with Crippen LogP contribution in [0.4, 0.5) is 5.69 Å². The van der Waals surface area contributed by atoms with Gasteiger partial charge in [0.15, 0.2) is 0 Å². The molecule has 0 aromatic heterocycles. The molecule has 0 saturated carbocycles. The lowest BCUT2D eigenvalue weighted by molar-refractivity contribution is -0.140. The van der Waals surface area contributed by atoms with Gasteiger partial charge in [-0.1, -0.05) is 83.7 Å². The molecule has 7 nitrogen and oxygen atoms in total. The van der Waals surface area contributed by atoms with Crippen molar-refractivity contribution in [3.8, 4) is 0 Å². The summed E-state index contributed by atoms with van der Waals surface area (Å²) in [6.45, 7) is 8.83. The summed E-state index contributed by atoms with van der Waals surface area (Å²) in [4.78, 5) is 28.7. The van der Waals surface area contributed by atoms with Crippen molar-refractivity contribution in [3.05, 3.63) is 93.5 Å². The molecule has 214 valence electrons. The summed E-state index contributed by atoms with van der Waals surface area (Å²) < 4.78 is 28.9. The third-order valence-corrected chi connectivity index (χ3v) is 8.96. The SMILES string of the molecule is CCC(C(=O)NC(C)C)N(Cc1ccc(C)cc1)C(=O)CN(c1cccc(Cl)c1Cl)S(=O)(=O)c1ccc(C)cc1. The first-order valence-corrected chi connectivity index (χ1v) is 15.2. The highest BCUT2D eigenvalue weighted by molar-refractivity contribution is 7.92. The summed E-state index contributed by atoms with van der Waals surface area (Å²) in [6.07, 6.45) is 0.332. The van der Waals surface area contributed by atoms with Crippen LogP contribution < -0.4 is 9.62 Å². The van der Waals surface area contributed by atoms with E-state index in [0.29, 0.717) is 6.42 Å². The summed E-state index contributed by atoms with van der Waals surface area (Å²) >= 11 is 12.7. The first-order valence-electron chi connectivity index (χ1n) is 13.0. The van der Waals surface area contributed by atoms with Crippen LogP contribution in [0, 0.1) is 13.8 Å². The molecule has 3 rings (SSSR count). The van der Waals surface area contributed by atoms with Crippen molar-refractivity contribution in [2.75, 3.05) is 10.8 Å². The molecule has 0 fully saturated rings. The van der Waals surface area contributed by atoms with Crippen molar-refractivity contribution in [2.24, 2.45) is 0 Å². The number of amides is 2. The highest BCUT2D eigenvalue weighted by Crippen LogP contribution is 2.35. The lowest BCUT2D eigenvalue weighted by Crippen LogP contribution is -2.53. The molecule has 1 unspecified atom stereocenters. The molecule has 0 saturated heterocycles. The molecule has 0 aliphatic carbocycles. The number of carbonyl (C=O) groups excluding carboxylic acids is 2. The molecule has 0 bridgehead atoms. The first-order chi connectivity index (χ1) is 18.8. The van der Waals surface area contributed by atoms with E-state index in [1.54, 1.807) is 24.3 Å². The maximum absolute atomic E-state index is 14.1. The van der Waals surface area contributed by atoms with Gasteiger partial charge >= 0.3 is 0 Å². The zero-order chi connectivity index (χ0) is 29.6. The second-order valence-electron chi connectivity index (χ2n) is 9.99. The Kier molecular flexibility index (Phi) is 10.6. The molecule has 0 heterocycles. The Balaban J connectivity index is 2.10. The van der Waals surface area contributed by atoms with E-state index in [0.717, 1.165) is 21.0 Å². The molecule has 10 heteroatoms. The Morgan fingerprint density at radius 3 is 2.02 bits per heavy atom. The number of nitrogens with zero attached hydrogens (tertiary/aromatic N) is 2. The van der Waals surface area contributed by atoms with E-state index in [9.17, 15) is 18.0 Å². The summed E-state index contributed by atoms with van der Waals surface area (Å²) in [5.74, 6) is -0.871. The van der Waals surface area contributed by atoms with Gasteiger partial charge in [-0.2, -0.15) is 0 Å². The number of rotatable bonds is 11. The van der Waals surface area contributed by atoms with Crippen LogP contribution in [0.25, 0.3) is 0 Å². The third-order valence-electron chi connectivity index (χ3n) is 6.38. The van der Waals surface area contributed by atoms with Gasteiger partial charge in [0.05, 0.1) is 20.6 Å². The number of hydrogen-bond donors (Lipinski definition) is 1. The minimum absolute atomic E-state index is 0.00216. The zero-order valence-electron chi connectivity index (χ0n) is 23.3. The third kappa shape index (κ3) is 7.56. The van der Waals surface area contributed by atoms with E-state index < -0.39 is 28.5 Å². The van der Waals surface area contributed by atoms with Gasteiger partial charge in [-0.3, -0.25) is 13.9 Å². The van der Waals surface area contributed by atoms with Crippen molar-refractivity contribution in [2.45, 2.75) is 64.6 Å². The highest BCUT2D eigenvalue weighted by Gasteiger charge is 2.34. The van der Waals surface area contributed by atoms with Gasteiger partial charge in [-0.25, -0.2) is 8.42 Å². The van der Waals surface area contributed by atoms with E-state index >= 15 is 0 Å². The topological polar surface area (TPSA) is 86.8 Å². The van der Waals surface area contributed by atoms with Crippen LogP contribution in [0.15, 0.2) is 71.6 Å². The first kappa shape index (κ1) is 31.5. The van der Waals surface area contributed by atoms with E-state index in [2.05, 4.69) is 5.32 Å². The smallest absolute Gasteiger partial charge is 0.264 e. The number of hydrogen-bond acceptors (Lipinski definition) is 4. The van der Waals surface area contributed by atoms with Crippen molar-refractivity contribution in [1.29, 1.82) is 0 Å². The lowest BCUT2D eigenvalue weighted by atomic mass is 10.1. The summed E-state index contributed by atoms with van der Waals surface area (Å²) in [5, 5.41) is 3.03. The molecule has 40 heavy (non-hydrogen) atoms. The van der Waals surface area contributed by atoms with Crippen LogP contribution in [0.3, 0.4) is 0 Å². The quantitative estimate of drug-likeness (QED) is 0.285. The molecule has 0 aliphatic rings. The fourth-order valence-electron chi connectivity index (χ4n) is 4.23. The lowest BCUT2D eigenvalue weighted by Gasteiger charge is -2.33. The second-order valence-corrected chi connectivity index (χ2v) is 12.6. The van der Waals surface area contributed by atoms with Crippen molar-refractivity contribution < 1.29 is 18.0 Å². The van der Waals surface area contributed by atoms with E-state index in [4.69, 9.17) is 23.2 Å². The number of halogens is 2. The number of nitrogens with one attached hydrogen (secondary N) is 1. The normalized spacial score (nSPS) is 12.2. The van der Waals surface area contributed by atoms with Crippen molar-refractivity contribution in [1.82, 2.24) is 10.2 Å². The molecule has 3 aromatic rings. The van der Waals surface area contributed by atoms with Gasteiger partial charge in [-0.15, -0.1) is 0 Å². The average molecular weight is 605 g/mol. The molecule has 0 radical (unpaired) electrons. The Labute approximate surface area is 247 Å². The Morgan fingerprint density at radius 1 is 0.900 bits per heavy atom. The predicted octanol–water partition coefficient (Wildman–Crippen LogP) is 6.14. The largest absolute Gasteiger partial charge is 0.352 e. The Bertz CT molecular complexity index is 1440. The molecule has 2 amide bonds. The number of sulfonamides is 1. The van der Waals surface area contributed by atoms with E-state index in [1.807, 2.05) is 58.9 Å². The van der Waals surface area contributed by atoms with Crippen LogP contribution >= 0.6 is 23.2 Å². The summed E-state index contributed by atoms with van der Waals surface area (Å²) in [6, 6.07) is 17.6. The number of anilines is 1. The molecular weight excluding hydrogens is 569 g/mol. The second kappa shape index (κ2) is 13.5. The van der Waals surface area contributed by atoms with Crippen LogP contribution in [-0.4, -0.2) is 43.8 Å². The number of carbonyl (C=O) groups is 2. The number of benzene rings is 3. The highest BCUT2D eigenvalue weighted by atomic mass is 35.5. The zero-order valence-corrected chi connectivity index (χ0v) is 25.6. The van der Waals surface area contributed by atoms with E-state index in [-0.39, 0.29) is 39.1 Å². The molecule has 1 N–H and O–H groups in total. The monoisotopic (exact) mass is 603 g/mol. The maximum Gasteiger partial charge on any atom is 0.264 e. The van der Waals surface area contributed by atoms with Crippen molar-refractivity contribution >= 4 is 50.7 Å². The van der Waals surface area contributed by atoms with Gasteiger partial charge in [0, 0.05) is 12.6 Å². The average Bonchev–Trinajstić information content (AvgIpc) is 2.89. The van der Waals surface area contributed by atoms with Crippen LogP contribution in [0.1, 0.15) is 43.9 Å². The molecule has 3 aromatic carbocycles. The molecule has 0 spiro atoms. The van der Waals surface area contributed by atoms with Gasteiger partial charge in [-0.05, 0) is 63.9 Å². The Hall–Kier alpha value is -3.07. The van der Waals surface area contributed by atoms with Crippen LogP contribution in [-0.2, 0) is 26.2 Å². The Morgan fingerprint density at radius 2 is 1.48 bits per heavy atom. The summed E-state index contributed by atoms with van der Waals surface area (Å²) in [5.41, 5.74) is 2.81. The fourth-order valence-corrected chi connectivity index (χ4v) is 6.10. The van der Waals surface area contributed by atoms with Gasteiger partial charge in [0.1, 0.15) is 12.6 Å². The minimum Gasteiger partial charge on any atom is -0.352 e. The van der Waals surface area contributed by atoms with E-state index in [1.165, 1.54) is 23.1 Å². The standard InChI is InChI=1S/C30H35Cl2N3O4S/c1-6-26(30(37)33-20(2)3)34(18-23-14-10-21(4)11-15-23)28(36)19-35(27-9-7-8-25(31)29(27)32)40(38,39)24-16-12-22(5)13-17-24/h7-17,20,26H,6,18-19H2,1-5H3,(H,33,37). The molecular formula is C30H35Cl2N3O4S. The van der Waals surface area contributed by atoms with Crippen molar-refractivity contribution in [3.63, 3.8) is 0 Å². The number of aryl methyl sites for hydroxylation is 2. The minimum atomic E-state index is -4.25. The molecule has 1 atom stereocenters. The van der Waals surface area contributed by atoms with Gasteiger partial charge in [0.2, 0.25) is 11.8 Å². The molecule has 0 aliphatic heterocycles. The van der Waals surface area contributed by atoms with Crippen LogP contribution in [0.5, 0.6) is 0 Å². The maximum atomic E-state index is 14.1. The fraction of sp³-hybridized carbons (Fsp3) is 0.333. The van der Waals surface area contributed by atoms with Gasteiger partial charge < -0.3 is 10.2 Å². The summed E-state index contributed by atoms with van der Waals surface area (Å²) in [7, 11) is -4.25. The van der Waals surface area contributed by atoms with Crippen LogP contribution in [0.2, 0.25) is 10.0 Å².